The topological polar surface area (TPSA) is 66.9 Å². The monoisotopic (exact) mass is 436 g/mol. The third kappa shape index (κ3) is 5.29. The number of benzene rings is 2. The smallest absolute Gasteiger partial charge is 0.246 e. The molecule has 1 amide bonds. The lowest BCUT2D eigenvalue weighted by atomic mass is 10.2. The average molecular weight is 436 g/mol. The fourth-order valence-corrected chi connectivity index (χ4v) is 4.37. The second-order valence-electron chi connectivity index (χ2n) is 6.85. The second kappa shape index (κ2) is 9.46. The number of hydrogen-bond donors (Lipinski definition) is 0. The molecule has 1 aliphatic rings. The van der Waals surface area contributed by atoms with E-state index in [1.807, 2.05) is 0 Å². The molecule has 0 N–H and O–H groups in total. The summed E-state index contributed by atoms with van der Waals surface area (Å²) < 4.78 is 58.5. The van der Waals surface area contributed by atoms with Gasteiger partial charge in [0.15, 0.2) is 0 Å². The molecule has 0 unspecified atom stereocenters. The molecule has 6 nitrogen and oxygen atoms in total. The second-order valence-corrected chi connectivity index (χ2v) is 8.79. The van der Waals surface area contributed by atoms with Crippen molar-refractivity contribution in [2.75, 3.05) is 33.4 Å². The van der Waals surface area contributed by atoms with E-state index < -0.39 is 21.7 Å². The minimum absolute atomic E-state index is 0.00792. The van der Waals surface area contributed by atoms with Gasteiger partial charge in [0.05, 0.1) is 18.1 Å². The predicted molar refractivity (Wildman–Crippen MR) is 108 cm³/mol. The van der Waals surface area contributed by atoms with Crippen LogP contribution in [0.3, 0.4) is 0 Å². The standard InChI is InChI=1S/C21H22F2N2O4S/c1-24(15-17-5-6-18(22)14-20(17)23)21(26)9-4-16-2-7-19(8-3-16)30(27,28)25-10-12-29-13-11-25/h2-9,14H,10-13,15H2,1H3/b9-4+. The molecule has 1 aliphatic heterocycles. The Balaban J connectivity index is 1.63. The van der Waals surface area contributed by atoms with Gasteiger partial charge < -0.3 is 9.64 Å². The van der Waals surface area contributed by atoms with Crippen molar-refractivity contribution in [3.05, 3.63) is 71.3 Å². The van der Waals surface area contributed by atoms with Crippen LogP contribution in [0.25, 0.3) is 6.08 Å². The zero-order valence-corrected chi connectivity index (χ0v) is 17.2. The summed E-state index contributed by atoms with van der Waals surface area (Å²) in [4.78, 5) is 13.7. The highest BCUT2D eigenvalue weighted by atomic mass is 32.2. The highest BCUT2D eigenvalue weighted by molar-refractivity contribution is 7.89. The first-order chi connectivity index (χ1) is 14.3. The largest absolute Gasteiger partial charge is 0.379 e. The molecule has 160 valence electrons. The number of hydrogen-bond acceptors (Lipinski definition) is 4. The van der Waals surface area contributed by atoms with Gasteiger partial charge in [-0.3, -0.25) is 4.79 Å². The van der Waals surface area contributed by atoms with E-state index in [0.717, 1.165) is 12.1 Å². The Morgan fingerprint density at radius 1 is 1.13 bits per heavy atom. The summed E-state index contributed by atoms with van der Waals surface area (Å²) in [7, 11) is -2.07. The average Bonchev–Trinajstić information content (AvgIpc) is 2.75. The SMILES string of the molecule is CN(Cc1ccc(F)cc1F)C(=O)/C=C/c1ccc(S(=O)(=O)N2CCOCC2)cc1. The molecule has 9 heteroatoms. The summed E-state index contributed by atoms with van der Waals surface area (Å²) in [6, 6.07) is 9.41. The lowest BCUT2D eigenvalue weighted by Gasteiger charge is -2.26. The number of ether oxygens (including phenoxy) is 1. The zero-order chi connectivity index (χ0) is 21.7. The third-order valence-electron chi connectivity index (χ3n) is 4.71. The van der Waals surface area contributed by atoms with Crippen LogP contribution in [0.2, 0.25) is 0 Å². The number of carbonyl (C=O) groups is 1. The predicted octanol–water partition coefficient (Wildman–Crippen LogP) is 2.66. The van der Waals surface area contributed by atoms with Crippen molar-refractivity contribution in [2.45, 2.75) is 11.4 Å². The molecule has 1 saturated heterocycles. The van der Waals surface area contributed by atoms with Crippen molar-refractivity contribution >= 4 is 22.0 Å². The molecule has 2 aromatic carbocycles. The van der Waals surface area contributed by atoms with E-state index in [9.17, 15) is 22.0 Å². The molecule has 1 fully saturated rings. The Labute approximate surface area is 174 Å². The highest BCUT2D eigenvalue weighted by Gasteiger charge is 2.25. The summed E-state index contributed by atoms with van der Waals surface area (Å²) >= 11 is 0. The van der Waals surface area contributed by atoms with E-state index in [4.69, 9.17) is 4.74 Å². The Morgan fingerprint density at radius 3 is 2.43 bits per heavy atom. The number of sulfonamides is 1. The number of nitrogens with zero attached hydrogens (tertiary/aromatic N) is 2. The number of morpholine rings is 1. The first-order valence-corrected chi connectivity index (χ1v) is 10.8. The Bertz CT molecular complexity index is 1030. The molecule has 0 spiro atoms. The van der Waals surface area contributed by atoms with E-state index in [-0.39, 0.29) is 22.9 Å². The molecule has 0 aromatic heterocycles. The summed E-state index contributed by atoms with van der Waals surface area (Å²) in [6.45, 7) is 1.37. The van der Waals surface area contributed by atoms with Gasteiger partial charge in [-0.15, -0.1) is 0 Å². The van der Waals surface area contributed by atoms with Crippen molar-refractivity contribution in [3.63, 3.8) is 0 Å². The van der Waals surface area contributed by atoms with Crippen LogP contribution in [0.4, 0.5) is 8.78 Å². The van der Waals surface area contributed by atoms with Crippen LogP contribution in [-0.4, -0.2) is 56.9 Å². The van der Waals surface area contributed by atoms with Crippen molar-refractivity contribution in [1.29, 1.82) is 0 Å². The number of amides is 1. The molecule has 0 aliphatic carbocycles. The maximum atomic E-state index is 13.7. The van der Waals surface area contributed by atoms with Crippen molar-refractivity contribution in [1.82, 2.24) is 9.21 Å². The van der Waals surface area contributed by atoms with Gasteiger partial charge in [0.2, 0.25) is 15.9 Å². The summed E-state index contributed by atoms with van der Waals surface area (Å²) in [5.74, 6) is -1.76. The molecule has 0 bridgehead atoms. The Morgan fingerprint density at radius 2 is 1.80 bits per heavy atom. The van der Waals surface area contributed by atoms with Crippen LogP contribution in [-0.2, 0) is 26.1 Å². The summed E-state index contributed by atoms with van der Waals surface area (Å²) in [6.07, 6.45) is 2.86. The van der Waals surface area contributed by atoms with E-state index in [2.05, 4.69) is 0 Å². The summed E-state index contributed by atoms with van der Waals surface area (Å²) in [5, 5.41) is 0. The number of halogens is 2. The molecule has 1 heterocycles. The molecule has 2 aromatic rings. The van der Waals surface area contributed by atoms with Crippen LogP contribution >= 0.6 is 0 Å². The molecule has 0 radical (unpaired) electrons. The van der Waals surface area contributed by atoms with E-state index in [1.165, 1.54) is 40.5 Å². The van der Waals surface area contributed by atoms with Crippen LogP contribution in [0.15, 0.2) is 53.4 Å². The third-order valence-corrected chi connectivity index (χ3v) is 6.62. The van der Waals surface area contributed by atoms with Crippen molar-refractivity contribution < 1.29 is 26.7 Å². The fourth-order valence-electron chi connectivity index (χ4n) is 2.97. The Hall–Kier alpha value is -2.62. The van der Waals surface area contributed by atoms with Crippen molar-refractivity contribution in [2.24, 2.45) is 0 Å². The zero-order valence-electron chi connectivity index (χ0n) is 16.4. The maximum Gasteiger partial charge on any atom is 0.246 e. The Kier molecular flexibility index (Phi) is 6.96. The van der Waals surface area contributed by atoms with Crippen LogP contribution < -0.4 is 0 Å². The lowest BCUT2D eigenvalue weighted by Crippen LogP contribution is -2.40. The summed E-state index contributed by atoms with van der Waals surface area (Å²) in [5.41, 5.74) is 0.851. The van der Waals surface area contributed by atoms with Gasteiger partial charge in [0.25, 0.3) is 0 Å². The van der Waals surface area contributed by atoms with Gasteiger partial charge in [0, 0.05) is 44.4 Å². The van der Waals surface area contributed by atoms with Crippen LogP contribution in [0, 0.1) is 11.6 Å². The van der Waals surface area contributed by atoms with Gasteiger partial charge in [-0.05, 0) is 29.8 Å². The van der Waals surface area contributed by atoms with Gasteiger partial charge in [-0.25, -0.2) is 17.2 Å². The highest BCUT2D eigenvalue weighted by Crippen LogP contribution is 2.18. The first kappa shape index (κ1) is 22.1. The molecule has 30 heavy (non-hydrogen) atoms. The van der Waals surface area contributed by atoms with E-state index >= 15 is 0 Å². The quantitative estimate of drug-likeness (QED) is 0.653. The van der Waals surface area contributed by atoms with E-state index in [1.54, 1.807) is 18.2 Å². The minimum atomic E-state index is -3.57. The van der Waals surface area contributed by atoms with Gasteiger partial charge in [0.1, 0.15) is 11.6 Å². The lowest BCUT2D eigenvalue weighted by molar-refractivity contribution is -0.125. The molecule has 3 rings (SSSR count). The van der Waals surface area contributed by atoms with Crippen LogP contribution in [0.5, 0.6) is 0 Å². The molecule has 0 atom stereocenters. The molecular weight excluding hydrogens is 414 g/mol. The number of rotatable bonds is 6. The van der Waals surface area contributed by atoms with Gasteiger partial charge in [-0.2, -0.15) is 4.31 Å². The van der Waals surface area contributed by atoms with Crippen LogP contribution in [0.1, 0.15) is 11.1 Å². The van der Waals surface area contributed by atoms with Gasteiger partial charge in [-0.1, -0.05) is 18.2 Å². The molecular formula is C21H22F2N2O4S. The van der Waals surface area contributed by atoms with Gasteiger partial charge >= 0.3 is 0 Å². The first-order valence-electron chi connectivity index (χ1n) is 9.32. The molecule has 0 saturated carbocycles. The normalized spacial score (nSPS) is 15.4. The minimum Gasteiger partial charge on any atom is -0.379 e. The number of carbonyl (C=O) groups excluding carboxylic acids is 1. The van der Waals surface area contributed by atoms with E-state index in [0.29, 0.717) is 31.9 Å². The van der Waals surface area contributed by atoms with Crippen molar-refractivity contribution in [3.8, 4) is 0 Å². The number of likely N-dealkylation sites (N-methyl/N-ethyl adjacent to an activating group) is 1. The maximum absolute atomic E-state index is 13.7. The fraction of sp³-hybridized carbons (Fsp3) is 0.286.